The lowest BCUT2D eigenvalue weighted by molar-refractivity contribution is -0.384. The zero-order chi connectivity index (χ0) is 26.4. The lowest BCUT2D eigenvalue weighted by atomic mass is 9.95. The van der Waals surface area contributed by atoms with Crippen LogP contribution in [0.5, 0.6) is 0 Å². The van der Waals surface area contributed by atoms with Crippen molar-refractivity contribution in [1.82, 2.24) is 14.8 Å². The second-order valence-corrected chi connectivity index (χ2v) is 10.2. The normalized spacial score (nSPS) is 16.3. The number of aromatic nitrogens is 1. The Labute approximate surface area is 216 Å². The Morgan fingerprint density at radius 2 is 1.89 bits per heavy atom. The second kappa shape index (κ2) is 9.32. The van der Waals surface area contributed by atoms with Gasteiger partial charge >= 0.3 is 12.0 Å². The summed E-state index contributed by atoms with van der Waals surface area (Å²) in [5.74, 6) is -1.45. The standard InChI is InChI=1S/C26H24N4O6S/c1-14-11-17(15(2)29(14)24-22(25(32)33)19-5-3-4-6-21(19)37-24)12-20-23(31)28(26(34)27-20)13-16-7-9-18(10-8-16)30(35)36/h7-12H,3-6,13H2,1-2H3,(H,27,34)(H,32,33)/b20-12-. The van der Waals surface area contributed by atoms with E-state index in [0.717, 1.165) is 52.4 Å². The number of nitrogens with one attached hydrogen (secondary N) is 1. The molecule has 0 saturated carbocycles. The van der Waals surface area contributed by atoms with Crippen molar-refractivity contribution in [2.45, 2.75) is 46.1 Å². The number of thiophene rings is 1. The summed E-state index contributed by atoms with van der Waals surface area (Å²) >= 11 is 1.51. The first-order valence-corrected chi connectivity index (χ1v) is 12.6. The Balaban J connectivity index is 1.45. The van der Waals surface area contributed by atoms with Crippen LogP contribution >= 0.6 is 11.3 Å². The molecule has 0 atom stereocenters. The molecule has 1 aliphatic heterocycles. The van der Waals surface area contributed by atoms with E-state index in [-0.39, 0.29) is 17.9 Å². The topological polar surface area (TPSA) is 135 Å². The number of nitrogens with zero attached hydrogens (tertiary/aromatic N) is 3. The number of hydrogen-bond donors (Lipinski definition) is 2. The Hall–Kier alpha value is -4.25. The van der Waals surface area contributed by atoms with Crippen LogP contribution in [0.25, 0.3) is 11.1 Å². The summed E-state index contributed by atoms with van der Waals surface area (Å²) in [4.78, 5) is 50.3. The number of non-ortho nitro benzene ring substituents is 1. The molecule has 2 aliphatic rings. The van der Waals surface area contributed by atoms with Gasteiger partial charge in [0.05, 0.1) is 17.0 Å². The molecule has 2 N–H and O–H groups in total. The Morgan fingerprint density at radius 1 is 1.19 bits per heavy atom. The first-order chi connectivity index (χ1) is 17.7. The number of fused-ring (bicyclic) bond motifs is 1. The molecule has 3 heterocycles. The number of nitro groups is 1. The van der Waals surface area contributed by atoms with Gasteiger partial charge in [-0.05, 0) is 68.4 Å². The number of benzene rings is 1. The van der Waals surface area contributed by atoms with Crippen LogP contribution in [-0.4, -0.2) is 37.4 Å². The summed E-state index contributed by atoms with van der Waals surface area (Å²) in [6, 6.07) is 6.96. The van der Waals surface area contributed by atoms with Gasteiger partial charge in [0.25, 0.3) is 11.6 Å². The van der Waals surface area contributed by atoms with Gasteiger partial charge in [0.15, 0.2) is 0 Å². The van der Waals surface area contributed by atoms with Gasteiger partial charge in [0.2, 0.25) is 0 Å². The number of rotatable bonds is 6. The third kappa shape index (κ3) is 4.31. The van der Waals surface area contributed by atoms with E-state index in [0.29, 0.717) is 21.7 Å². The predicted octanol–water partition coefficient (Wildman–Crippen LogP) is 4.73. The molecule has 5 rings (SSSR count). The molecule has 3 aromatic rings. The van der Waals surface area contributed by atoms with Gasteiger partial charge in [0.1, 0.15) is 10.7 Å². The Kier molecular flexibility index (Phi) is 6.16. The van der Waals surface area contributed by atoms with Gasteiger partial charge in [0, 0.05) is 28.4 Å². The van der Waals surface area contributed by atoms with Crippen LogP contribution in [0.2, 0.25) is 0 Å². The monoisotopic (exact) mass is 520 g/mol. The molecule has 0 radical (unpaired) electrons. The van der Waals surface area contributed by atoms with Crippen LogP contribution in [0.15, 0.2) is 36.0 Å². The fraction of sp³-hybridized carbons (Fsp3) is 0.269. The number of carboxylic acid groups (broad SMARTS) is 1. The number of nitro benzene ring substituents is 1. The largest absolute Gasteiger partial charge is 0.478 e. The molecule has 0 unspecified atom stereocenters. The molecule has 1 aromatic carbocycles. The first kappa shape index (κ1) is 24.4. The minimum absolute atomic E-state index is 0.0260. The van der Waals surface area contributed by atoms with Gasteiger partial charge in [-0.2, -0.15) is 0 Å². The predicted molar refractivity (Wildman–Crippen MR) is 137 cm³/mol. The van der Waals surface area contributed by atoms with Crippen molar-refractivity contribution in [1.29, 1.82) is 0 Å². The third-order valence-electron chi connectivity index (χ3n) is 6.79. The van der Waals surface area contributed by atoms with E-state index in [1.165, 1.54) is 35.6 Å². The Morgan fingerprint density at radius 3 is 2.57 bits per heavy atom. The van der Waals surface area contributed by atoms with Crippen molar-refractivity contribution in [3.8, 4) is 5.00 Å². The second-order valence-electron chi connectivity index (χ2n) is 9.16. The van der Waals surface area contributed by atoms with Crippen LogP contribution in [0, 0.1) is 24.0 Å². The highest BCUT2D eigenvalue weighted by atomic mass is 32.1. The number of carbonyl (C=O) groups is 3. The van der Waals surface area contributed by atoms with E-state index in [4.69, 9.17) is 0 Å². The van der Waals surface area contributed by atoms with Crippen LogP contribution < -0.4 is 5.32 Å². The number of urea groups is 1. The Bertz CT molecular complexity index is 1500. The van der Waals surface area contributed by atoms with Crippen molar-refractivity contribution in [3.63, 3.8) is 0 Å². The molecule has 11 heteroatoms. The molecular weight excluding hydrogens is 496 g/mol. The molecule has 10 nitrogen and oxygen atoms in total. The molecule has 1 saturated heterocycles. The van der Waals surface area contributed by atoms with Crippen LogP contribution in [0.4, 0.5) is 10.5 Å². The van der Waals surface area contributed by atoms with E-state index in [1.807, 2.05) is 24.5 Å². The number of imide groups is 1. The smallest absolute Gasteiger partial charge is 0.339 e. The third-order valence-corrected chi connectivity index (χ3v) is 8.07. The lowest BCUT2D eigenvalue weighted by Gasteiger charge is -2.11. The van der Waals surface area contributed by atoms with E-state index in [9.17, 15) is 29.6 Å². The molecule has 1 fully saturated rings. The van der Waals surface area contributed by atoms with Crippen molar-refractivity contribution < 1.29 is 24.4 Å². The van der Waals surface area contributed by atoms with E-state index >= 15 is 0 Å². The molecule has 37 heavy (non-hydrogen) atoms. The number of aryl methyl sites for hydroxylation is 2. The summed E-state index contributed by atoms with van der Waals surface area (Å²) in [7, 11) is 0. The fourth-order valence-electron chi connectivity index (χ4n) is 4.95. The van der Waals surface area contributed by atoms with Crippen LogP contribution in [-0.2, 0) is 24.2 Å². The van der Waals surface area contributed by atoms with Gasteiger partial charge in [-0.25, -0.2) is 9.59 Å². The van der Waals surface area contributed by atoms with Crippen LogP contribution in [0.3, 0.4) is 0 Å². The van der Waals surface area contributed by atoms with Crippen LogP contribution in [0.1, 0.15) is 56.2 Å². The summed E-state index contributed by atoms with van der Waals surface area (Å²) in [5.41, 5.74) is 4.17. The van der Waals surface area contributed by atoms with Crippen molar-refractivity contribution in [2.24, 2.45) is 0 Å². The van der Waals surface area contributed by atoms with Crippen molar-refractivity contribution in [2.75, 3.05) is 0 Å². The summed E-state index contributed by atoms with van der Waals surface area (Å²) in [6.45, 7) is 3.72. The maximum atomic E-state index is 13.0. The molecule has 1 aliphatic carbocycles. The quantitative estimate of drug-likeness (QED) is 0.209. The zero-order valence-corrected chi connectivity index (χ0v) is 21.1. The molecule has 190 valence electrons. The number of carboxylic acids is 1. The van der Waals surface area contributed by atoms with Crippen molar-refractivity contribution in [3.05, 3.63) is 84.7 Å². The minimum Gasteiger partial charge on any atom is -0.478 e. The fourth-order valence-corrected chi connectivity index (χ4v) is 6.44. The first-order valence-electron chi connectivity index (χ1n) is 11.8. The lowest BCUT2D eigenvalue weighted by Crippen LogP contribution is -2.30. The number of amides is 3. The average molecular weight is 521 g/mol. The zero-order valence-electron chi connectivity index (χ0n) is 20.2. The summed E-state index contributed by atoms with van der Waals surface area (Å²) in [6.07, 6.45) is 5.26. The number of aromatic carboxylic acids is 1. The molecular formula is C26H24N4O6S. The highest BCUT2D eigenvalue weighted by Crippen LogP contribution is 2.39. The molecule has 0 spiro atoms. The maximum Gasteiger partial charge on any atom is 0.339 e. The SMILES string of the molecule is Cc1cc(/C=C2\NC(=O)N(Cc3ccc([N+](=O)[O-])cc3)C2=O)c(C)n1-c1sc2c(c1C(=O)O)CCCC2. The van der Waals surface area contributed by atoms with E-state index in [1.54, 1.807) is 6.08 Å². The van der Waals surface area contributed by atoms with E-state index in [2.05, 4.69) is 5.32 Å². The van der Waals surface area contributed by atoms with Gasteiger partial charge in [-0.3, -0.25) is 19.8 Å². The summed E-state index contributed by atoms with van der Waals surface area (Å²) < 4.78 is 1.91. The molecule has 3 amide bonds. The molecule has 0 bridgehead atoms. The van der Waals surface area contributed by atoms with E-state index < -0.39 is 22.8 Å². The van der Waals surface area contributed by atoms with Crippen molar-refractivity contribution >= 4 is 41.0 Å². The molecule has 2 aromatic heterocycles. The average Bonchev–Trinajstić information content (AvgIpc) is 3.46. The maximum absolute atomic E-state index is 13.0. The van der Waals surface area contributed by atoms with Gasteiger partial charge in [-0.15, -0.1) is 11.3 Å². The summed E-state index contributed by atoms with van der Waals surface area (Å²) in [5, 5.41) is 24.1. The number of hydrogen-bond acceptors (Lipinski definition) is 6. The highest BCUT2D eigenvalue weighted by molar-refractivity contribution is 7.15. The minimum atomic E-state index is -0.943. The van der Waals surface area contributed by atoms with Gasteiger partial charge in [-0.1, -0.05) is 12.1 Å². The van der Waals surface area contributed by atoms with Gasteiger partial charge < -0.3 is 15.0 Å². The number of carbonyl (C=O) groups excluding carboxylic acids is 2. The highest BCUT2D eigenvalue weighted by Gasteiger charge is 2.34.